The summed E-state index contributed by atoms with van der Waals surface area (Å²) in [4.78, 5) is 31.4. The average molecular weight is 554 g/mol. The van der Waals surface area contributed by atoms with Gasteiger partial charge in [0.05, 0.1) is 30.2 Å². The molecule has 1 aromatic heterocycles. The Balaban J connectivity index is 1.19. The minimum atomic E-state index is -0.467. The third-order valence-electron chi connectivity index (χ3n) is 6.86. The van der Waals surface area contributed by atoms with Crippen molar-refractivity contribution in [2.75, 3.05) is 13.2 Å². The molecule has 0 aliphatic carbocycles. The fourth-order valence-electron chi connectivity index (χ4n) is 4.71. The number of imidazole rings is 1. The number of amides is 2. The van der Waals surface area contributed by atoms with E-state index in [0.29, 0.717) is 54.6 Å². The molecule has 0 radical (unpaired) electrons. The Morgan fingerprint density at radius 1 is 1.10 bits per heavy atom. The number of nitrogens with one attached hydrogen (secondary N) is 1. The van der Waals surface area contributed by atoms with E-state index in [2.05, 4.69) is 16.4 Å². The Morgan fingerprint density at radius 2 is 1.95 bits per heavy atom. The largest absolute Gasteiger partial charge is 0.492 e. The summed E-state index contributed by atoms with van der Waals surface area (Å²) >= 11 is 6.01. The molecule has 1 fully saturated rings. The van der Waals surface area contributed by atoms with Crippen molar-refractivity contribution < 1.29 is 14.3 Å². The van der Waals surface area contributed by atoms with E-state index in [1.54, 1.807) is 42.9 Å². The van der Waals surface area contributed by atoms with E-state index in [9.17, 15) is 14.9 Å². The van der Waals surface area contributed by atoms with Crippen molar-refractivity contribution in [3.8, 4) is 11.8 Å². The highest BCUT2D eigenvalue weighted by molar-refractivity contribution is 6.31. The minimum absolute atomic E-state index is 0.250. The van der Waals surface area contributed by atoms with E-state index in [1.807, 2.05) is 47.0 Å². The molecule has 4 aromatic rings. The van der Waals surface area contributed by atoms with Gasteiger partial charge in [0.1, 0.15) is 11.8 Å². The summed E-state index contributed by atoms with van der Waals surface area (Å²) in [6.07, 6.45) is 4.76. The fraction of sp³-hybridized carbons (Fsp3) is 0.226. The van der Waals surface area contributed by atoms with Crippen LogP contribution in [0.15, 0.2) is 85.3 Å². The van der Waals surface area contributed by atoms with Crippen LogP contribution in [0.25, 0.3) is 0 Å². The molecule has 0 bridgehead atoms. The number of likely N-dealkylation sites (tertiary alicyclic amines) is 1. The first-order valence-corrected chi connectivity index (χ1v) is 13.4. The monoisotopic (exact) mass is 553 g/mol. The number of hydrogen-bond acceptors (Lipinski definition) is 6. The van der Waals surface area contributed by atoms with Crippen molar-refractivity contribution in [2.45, 2.75) is 32.0 Å². The number of rotatable bonds is 10. The highest BCUT2D eigenvalue weighted by atomic mass is 35.5. The summed E-state index contributed by atoms with van der Waals surface area (Å²) in [5.74, 6) is -0.0402. The number of imide groups is 1. The number of benzene rings is 3. The second kappa shape index (κ2) is 12.6. The Morgan fingerprint density at radius 3 is 2.75 bits per heavy atom. The van der Waals surface area contributed by atoms with E-state index in [1.165, 1.54) is 10.5 Å². The molecule has 0 spiro atoms. The summed E-state index contributed by atoms with van der Waals surface area (Å²) in [6, 6.07) is 24.0. The molecule has 1 saturated heterocycles. The quantitative estimate of drug-likeness (QED) is 0.288. The molecule has 0 unspecified atom stereocenters. The predicted octanol–water partition coefficient (Wildman–Crippen LogP) is 4.61. The number of nitrogens with zero attached hydrogens (tertiary/aromatic N) is 4. The van der Waals surface area contributed by atoms with Crippen LogP contribution >= 0.6 is 11.6 Å². The summed E-state index contributed by atoms with van der Waals surface area (Å²) < 4.78 is 7.96. The molecular weight excluding hydrogens is 526 g/mol. The molecule has 0 saturated carbocycles. The molecule has 1 atom stereocenters. The molecule has 40 heavy (non-hydrogen) atoms. The standard InChI is InChI=1S/C31H28ClN5O3/c32-26-8-4-7-24(16-26)30(38)37-13-11-28(31(37)39)35-19-27-18-34-21-36(27)20-23-9-10-25(17-33)29(15-23)40-14-12-22-5-2-1-3-6-22/h1-10,15-16,18,21,28,35H,11-14,19-20H2/t28-/m1/s1. The SMILES string of the molecule is N#Cc1ccc(Cn2cncc2CN[C@@H]2CCN(C(=O)c3cccc(Cl)c3)C2=O)cc1OCCc1ccccc1. The molecule has 2 amide bonds. The van der Waals surface area contributed by atoms with E-state index >= 15 is 0 Å². The van der Waals surface area contributed by atoms with Gasteiger partial charge < -0.3 is 14.6 Å². The van der Waals surface area contributed by atoms with E-state index < -0.39 is 6.04 Å². The van der Waals surface area contributed by atoms with Crippen LogP contribution in [0.2, 0.25) is 5.02 Å². The van der Waals surface area contributed by atoms with Crippen LogP contribution < -0.4 is 10.1 Å². The number of carbonyl (C=O) groups excluding carboxylic acids is 2. The second-order valence-electron chi connectivity index (χ2n) is 9.57. The van der Waals surface area contributed by atoms with Crippen molar-refractivity contribution in [3.05, 3.63) is 118 Å². The van der Waals surface area contributed by atoms with Crippen molar-refractivity contribution in [2.24, 2.45) is 0 Å². The summed E-state index contributed by atoms with van der Waals surface area (Å²) in [7, 11) is 0. The van der Waals surface area contributed by atoms with Crippen LogP contribution in [0.5, 0.6) is 5.75 Å². The van der Waals surface area contributed by atoms with Crippen LogP contribution in [0.1, 0.15) is 39.2 Å². The van der Waals surface area contributed by atoms with Crippen LogP contribution in [-0.2, 0) is 24.3 Å². The maximum atomic E-state index is 13.0. The number of nitriles is 1. The van der Waals surface area contributed by atoms with Crippen molar-refractivity contribution in [3.63, 3.8) is 0 Å². The molecule has 3 aromatic carbocycles. The van der Waals surface area contributed by atoms with E-state index in [0.717, 1.165) is 17.7 Å². The van der Waals surface area contributed by atoms with Gasteiger partial charge in [0, 0.05) is 42.8 Å². The highest BCUT2D eigenvalue weighted by Crippen LogP contribution is 2.22. The minimum Gasteiger partial charge on any atom is -0.492 e. The van der Waals surface area contributed by atoms with Gasteiger partial charge in [-0.1, -0.05) is 54.1 Å². The topological polar surface area (TPSA) is 100 Å². The number of ether oxygens (including phenoxy) is 1. The smallest absolute Gasteiger partial charge is 0.260 e. The van der Waals surface area contributed by atoms with Crippen LogP contribution in [0.3, 0.4) is 0 Å². The third kappa shape index (κ3) is 6.40. The Hall–Kier alpha value is -4.45. The van der Waals surface area contributed by atoms with Gasteiger partial charge in [-0.25, -0.2) is 4.98 Å². The molecule has 1 aliphatic heterocycles. The molecular formula is C31H28ClN5O3. The molecule has 1 aliphatic rings. The molecule has 2 heterocycles. The Bertz CT molecular complexity index is 1550. The molecule has 9 heteroatoms. The molecule has 202 valence electrons. The van der Waals surface area contributed by atoms with Gasteiger partial charge in [0.2, 0.25) is 5.91 Å². The number of carbonyl (C=O) groups is 2. The number of aromatic nitrogens is 2. The lowest BCUT2D eigenvalue weighted by Crippen LogP contribution is -2.40. The lowest BCUT2D eigenvalue weighted by atomic mass is 10.1. The Labute approximate surface area is 237 Å². The third-order valence-corrected chi connectivity index (χ3v) is 7.10. The van der Waals surface area contributed by atoms with Gasteiger partial charge in [-0.15, -0.1) is 0 Å². The number of hydrogen-bond donors (Lipinski definition) is 1. The van der Waals surface area contributed by atoms with Crippen LogP contribution in [0, 0.1) is 11.3 Å². The fourth-order valence-corrected chi connectivity index (χ4v) is 4.90. The number of halogens is 1. The average Bonchev–Trinajstić information content (AvgIpc) is 3.57. The second-order valence-corrected chi connectivity index (χ2v) is 10.0. The van der Waals surface area contributed by atoms with Gasteiger partial charge in [-0.2, -0.15) is 5.26 Å². The summed E-state index contributed by atoms with van der Waals surface area (Å²) in [6.45, 7) is 1.75. The van der Waals surface area contributed by atoms with Crippen LogP contribution in [-0.4, -0.2) is 45.5 Å². The predicted molar refractivity (Wildman–Crippen MR) is 151 cm³/mol. The summed E-state index contributed by atoms with van der Waals surface area (Å²) in [5, 5.41) is 13.3. The van der Waals surface area contributed by atoms with Crippen LogP contribution in [0.4, 0.5) is 0 Å². The first-order chi connectivity index (χ1) is 19.5. The summed E-state index contributed by atoms with van der Waals surface area (Å²) in [5.41, 5.74) is 3.91. The van der Waals surface area contributed by atoms with Gasteiger partial charge in [-0.05, 0) is 47.9 Å². The van der Waals surface area contributed by atoms with Crippen molar-refractivity contribution in [1.82, 2.24) is 19.8 Å². The molecule has 5 rings (SSSR count). The first kappa shape index (κ1) is 27.1. The van der Waals surface area contributed by atoms with Crippen molar-refractivity contribution >= 4 is 23.4 Å². The van der Waals surface area contributed by atoms with E-state index in [4.69, 9.17) is 16.3 Å². The zero-order valence-corrected chi connectivity index (χ0v) is 22.6. The zero-order valence-electron chi connectivity index (χ0n) is 21.8. The maximum Gasteiger partial charge on any atom is 0.260 e. The van der Waals surface area contributed by atoms with E-state index in [-0.39, 0.29) is 11.8 Å². The zero-order chi connectivity index (χ0) is 27.9. The Kier molecular flexibility index (Phi) is 8.55. The normalized spacial score (nSPS) is 14.8. The van der Waals surface area contributed by atoms with Gasteiger partial charge in [0.25, 0.3) is 5.91 Å². The van der Waals surface area contributed by atoms with Gasteiger partial charge in [0.15, 0.2) is 0 Å². The molecule has 8 nitrogen and oxygen atoms in total. The van der Waals surface area contributed by atoms with Gasteiger partial charge in [-0.3, -0.25) is 14.5 Å². The van der Waals surface area contributed by atoms with Crippen molar-refractivity contribution in [1.29, 1.82) is 5.26 Å². The lowest BCUT2D eigenvalue weighted by molar-refractivity contribution is -0.127. The first-order valence-electron chi connectivity index (χ1n) is 13.1. The lowest BCUT2D eigenvalue weighted by Gasteiger charge is -2.16. The van der Waals surface area contributed by atoms with Gasteiger partial charge >= 0.3 is 0 Å². The highest BCUT2D eigenvalue weighted by Gasteiger charge is 2.35. The molecule has 1 N–H and O–H groups in total. The maximum absolute atomic E-state index is 13.0.